The molecular formula is C26H42N4O6. The minimum atomic E-state index is -0.876. The second kappa shape index (κ2) is 12.0. The second-order valence-corrected chi connectivity index (χ2v) is 11.1. The maximum atomic E-state index is 13.0. The number of nitrogens with zero attached hydrogens (tertiary/aromatic N) is 2. The van der Waals surface area contributed by atoms with Crippen molar-refractivity contribution in [1.29, 1.82) is 0 Å². The Kier molecular flexibility index (Phi) is 9.79. The Hall–Kier alpha value is -2.78. The molecule has 2 rings (SSSR count). The third kappa shape index (κ3) is 6.50. The minimum absolute atomic E-state index is 0.288. The maximum absolute atomic E-state index is 13.0. The molecular weight excluding hydrogens is 464 g/mol. The van der Waals surface area contributed by atoms with Crippen LogP contribution in [0.2, 0.25) is 0 Å². The number of carbonyl (C=O) groups is 6. The van der Waals surface area contributed by atoms with Crippen LogP contribution in [0.3, 0.4) is 0 Å². The lowest BCUT2D eigenvalue weighted by atomic mass is 9.84. The molecule has 0 spiro atoms. The summed E-state index contributed by atoms with van der Waals surface area (Å²) in [5.74, 6) is -3.62. The Morgan fingerprint density at radius 3 is 1.28 bits per heavy atom. The van der Waals surface area contributed by atoms with Crippen molar-refractivity contribution in [3.8, 4) is 0 Å². The van der Waals surface area contributed by atoms with Gasteiger partial charge in [0.2, 0.25) is 11.6 Å². The van der Waals surface area contributed by atoms with Gasteiger partial charge in [-0.1, -0.05) is 41.5 Å². The van der Waals surface area contributed by atoms with Crippen LogP contribution >= 0.6 is 0 Å². The minimum Gasteiger partial charge on any atom is -0.324 e. The third-order valence-electron chi connectivity index (χ3n) is 7.83. The molecule has 2 saturated heterocycles. The van der Waals surface area contributed by atoms with E-state index in [1.807, 2.05) is 13.8 Å². The molecule has 0 aromatic heterocycles. The third-order valence-corrected chi connectivity index (χ3v) is 7.83. The van der Waals surface area contributed by atoms with Crippen LogP contribution in [0.1, 0.15) is 92.9 Å². The van der Waals surface area contributed by atoms with Gasteiger partial charge in [0.1, 0.15) is 12.1 Å². The van der Waals surface area contributed by atoms with E-state index in [2.05, 4.69) is 10.9 Å². The molecule has 0 saturated carbocycles. The summed E-state index contributed by atoms with van der Waals surface area (Å²) in [4.78, 5) is 79.8. The van der Waals surface area contributed by atoms with Crippen LogP contribution in [0.25, 0.3) is 0 Å². The highest BCUT2D eigenvalue weighted by Crippen LogP contribution is 2.26. The van der Waals surface area contributed by atoms with Crippen molar-refractivity contribution in [2.75, 3.05) is 13.1 Å². The zero-order chi connectivity index (χ0) is 27.3. The van der Waals surface area contributed by atoms with Gasteiger partial charge >= 0.3 is 0 Å². The van der Waals surface area contributed by atoms with Crippen molar-refractivity contribution in [3.63, 3.8) is 0 Å². The van der Waals surface area contributed by atoms with Crippen LogP contribution in [-0.2, 0) is 28.8 Å². The van der Waals surface area contributed by atoms with Crippen molar-refractivity contribution in [1.82, 2.24) is 20.7 Å². The number of hydrogen-bond acceptors (Lipinski definition) is 6. The van der Waals surface area contributed by atoms with E-state index in [1.54, 1.807) is 27.7 Å². The van der Waals surface area contributed by atoms with Gasteiger partial charge in [0.25, 0.3) is 23.6 Å². The van der Waals surface area contributed by atoms with Crippen LogP contribution in [0.4, 0.5) is 0 Å². The Balaban J connectivity index is 2.07. The lowest BCUT2D eigenvalue weighted by Gasteiger charge is -2.37. The van der Waals surface area contributed by atoms with Crippen molar-refractivity contribution in [3.05, 3.63) is 0 Å². The largest absolute Gasteiger partial charge is 0.324 e. The fourth-order valence-corrected chi connectivity index (χ4v) is 4.35. The van der Waals surface area contributed by atoms with Gasteiger partial charge in [-0.15, -0.1) is 0 Å². The Morgan fingerprint density at radius 2 is 0.972 bits per heavy atom. The number of carbonyl (C=O) groups excluding carboxylic acids is 6. The fourth-order valence-electron chi connectivity index (χ4n) is 4.35. The molecule has 2 heterocycles. The molecule has 2 aliphatic rings. The summed E-state index contributed by atoms with van der Waals surface area (Å²) in [6.45, 7) is 11.1. The average Bonchev–Trinajstić information content (AvgIpc) is 2.89. The van der Waals surface area contributed by atoms with Gasteiger partial charge < -0.3 is 9.80 Å². The van der Waals surface area contributed by atoms with Gasteiger partial charge in [-0.3, -0.25) is 39.6 Å². The molecule has 0 aromatic rings. The SMILES string of the molecule is CCC(C)(C)C(=O)C(=O)N1CCCCC1C(=O)NNC(=O)C1CCCCN1C(=O)C(=O)C(C)(C)CC. The number of amides is 4. The maximum Gasteiger partial charge on any atom is 0.291 e. The molecule has 2 N–H and O–H groups in total. The van der Waals surface area contributed by atoms with Gasteiger partial charge in [-0.25, -0.2) is 0 Å². The zero-order valence-electron chi connectivity index (χ0n) is 22.6. The van der Waals surface area contributed by atoms with Crippen molar-refractivity contribution in [2.24, 2.45) is 10.8 Å². The van der Waals surface area contributed by atoms with Crippen LogP contribution in [0.15, 0.2) is 0 Å². The Bertz CT molecular complexity index is 825. The predicted molar refractivity (Wildman–Crippen MR) is 133 cm³/mol. The summed E-state index contributed by atoms with van der Waals surface area (Å²) >= 11 is 0. The number of ketones is 2. The number of piperidine rings is 2. The summed E-state index contributed by atoms with van der Waals surface area (Å²) in [5.41, 5.74) is 3.12. The lowest BCUT2D eigenvalue weighted by molar-refractivity contribution is -0.155. The molecule has 10 heteroatoms. The van der Waals surface area contributed by atoms with Gasteiger partial charge in [0.15, 0.2) is 0 Å². The van der Waals surface area contributed by atoms with Gasteiger partial charge in [-0.2, -0.15) is 0 Å². The highest BCUT2D eigenvalue weighted by Gasteiger charge is 2.42. The van der Waals surface area contributed by atoms with E-state index in [1.165, 1.54) is 9.80 Å². The van der Waals surface area contributed by atoms with E-state index in [0.717, 1.165) is 0 Å². The first-order valence-electron chi connectivity index (χ1n) is 13.1. The highest BCUT2D eigenvalue weighted by molar-refractivity contribution is 6.38. The van der Waals surface area contributed by atoms with E-state index in [4.69, 9.17) is 0 Å². The first kappa shape index (κ1) is 29.5. The van der Waals surface area contributed by atoms with Crippen LogP contribution < -0.4 is 10.9 Å². The van der Waals surface area contributed by atoms with Crippen LogP contribution in [0.5, 0.6) is 0 Å². The predicted octanol–water partition coefficient (Wildman–Crippen LogP) is 1.91. The molecule has 2 aliphatic heterocycles. The number of likely N-dealkylation sites (tertiary alicyclic amines) is 2. The molecule has 2 unspecified atom stereocenters. The number of hydrazine groups is 1. The number of nitrogens with one attached hydrogen (secondary N) is 2. The first-order chi connectivity index (χ1) is 16.8. The number of Topliss-reactive ketones (excluding diaryl/α,β-unsaturated/α-hetero) is 2. The molecule has 0 radical (unpaired) electrons. The van der Waals surface area contributed by atoms with Crippen molar-refractivity contribution in [2.45, 2.75) is 105 Å². The van der Waals surface area contributed by atoms with E-state index in [-0.39, 0.29) is 13.1 Å². The molecule has 4 amide bonds. The van der Waals surface area contributed by atoms with Crippen LogP contribution in [0, 0.1) is 10.8 Å². The van der Waals surface area contributed by atoms with Gasteiger partial charge in [0, 0.05) is 23.9 Å². The summed E-state index contributed by atoms with van der Waals surface area (Å²) in [6, 6.07) is -1.75. The number of hydrogen-bond donors (Lipinski definition) is 2. The summed E-state index contributed by atoms with van der Waals surface area (Å²) in [5, 5.41) is 0. The molecule has 10 nitrogen and oxygen atoms in total. The van der Waals surface area contributed by atoms with E-state index < -0.39 is 58.1 Å². The normalized spacial score (nSPS) is 20.9. The van der Waals surface area contributed by atoms with Gasteiger partial charge in [-0.05, 0) is 51.4 Å². The molecule has 0 aliphatic carbocycles. The molecule has 36 heavy (non-hydrogen) atoms. The molecule has 2 fully saturated rings. The Morgan fingerprint density at radius 1 is 0.639 bits per heavy atom. The molecule has 2 atom stereocenters. The molecule has 0 aromatic carbocycles. The lowest BCUT2D eigenvalue weighted by Crippen LogP contribution is -2.61. The zero-order valence-corrected chi connectivity index (χ0v) is 22.6. The van der Waals surface area contributed by atoms with E-state index in [9.17, 15) is 28.8 Å². The fraction of sp³-hybridized carbons (Fsp3) is 0.769. The first-order valence-corrected chi connectivity index (χ1v) is 13.1. The average molecular weight is 507 g/mol. The van der Waals surface area contributed by atoms with Crippen molar-refractivity contribution >= 4 is 35.2 Å². The second-order valence-electron chi connectivity index (χ2n) is 11.1. The summed E-state index contributed by atoms with van der Waals surface area (Å²) < 4.78 is 0. The summed E-state index contributed by atoms with van der Waals surface area (Å²) in [7, 11) is 0. The molecule has 202 valence electrons. The Labute approximate surface area is 213 Å². The smallest absolute Gasteiger partial charge is 0.291 e. The number of rotatable bonds is 8. The van der Waals surface area contributed by atoms with Crippen LogP contribution in [-0.4, -0.2) is 70.2 Å². The summed E-state index contributed by atoms with van der Waals surface area (Å²) in [6.07, 6.45) is 4.53. The monoisotopic (exact) mass is 506 g/mol. The standard InChI is InChI=1S/C26H42N4O6/c1-7-25(3,4)19(31)23(35)29-15-11-9-13-17(29)21(33)27-28-22(34)18-14-10-12-16-30(18)24(36)20(32)26(5,6)8-2/h17-18H,7-16H2,1-6H3,(H,27,33)(H,28,34). The highest BCUT2D eigenvalue weighted by atomic mass is 16.2. The molecule has 0 bridgehead atoms. The van der Waals surface area contributed by atoms with Gasteiger partial charge in [0.05, 0.1) is 0 Å². The topological polar surface area (TPSA) is 133 Å². The van der Waals surface area contributed by atoms with E-state index >= 15 is 0 Å². The van der Waals surface area contributed by atoms with E-state index in [0.29, 0.717) is 51.4 Å². The quantitative estimate of drug-likeness (QED) is 0.382. The van der Waals surface area contributed by atoms with Crippen molar-refractivity contribution < 1.29 is 28.8 Å².